The van der Waals surface area contributed by atoms with E-state index >= 15 is 0 Å². The second-order valence-corrected chi connectivity index (χ2v) is 8.22. The van der Waals surface area contributed by atoms with Crippen molar-refractivity contribution in [3.63, 3.8) is 0 Å². The summed E-state index contributed by atoms with van der Waals surface area (Å²) >= 11 is 0. The molecule has 6 rings (SSSR count). The van der Waals surface area contributed by atoms with Crippen molar-refractivity contribution in [1.82, 2.24) is 5.32 Å². The fourth-order valence-electron chi connectivity index (χ4n) is 4.68. The molecular weight excluding hydrogens is 410 g/mol. The molecule has 0 radical (unpaired) electrons. The number of rotatable bonds is 3. The highest BCUT2D eigenvalue weighted by atomic mass is 16.5. The lowest BCUT2D eigenvalue weighted by Crippen LogP contribution is -2.17. The molecule has 4 aromatic rings. The molecule has 0 aromatic heterocycles. The molecule has 0 bridgehead atoms. The van der Waals surface area contributed by atoms with Crippen molar-refractivity contribution in [1.29, 1.82) is 5.26 Å². The Hall–Kier alpha value is -4.30. The molecule has 1 fully saturated rings. The van der Waals surface area contributed by atoms with Crippen LogP contribution in [0.5, 0.6) is 0 Å². The van der Waals surface area contributed by atoms with Gasteiger partial charge >= 0.3 is 0 Å². The van der Waals surface area contributed by atoms with E-state index in [4.69, 9.17) is 14.5 Å². The minimum Gasteiger partial charge on any atom is -0.476 e. The van der Waals surface area contributed by atoms with E-state index in [0.29, 0.717) is 30.6 Å². The molecule has 2 atom stereocenters. The SMILES string of the molecule is N#C/C(C1=N[C@@H](c2cccc3ccccc23)CO1)=C1\N[C@@H](c2cccc3ccccc23)CO1. The largest absolute Gasteiger partial charge is 0.476 e. The van der Waals surface area contributed by atoms with E-state index < -0.39 is 0 Å². The molecule has 0 saturated carbocycles. The van der Waals surface area contributed by atoms with Gasteiger partial charge in [-0.25, -0.2) is 4.99 Å². The highest BCUT2D eigenvalue weighted by molar-refractivity contribution is 5.99. The molecular formula is C28H21N3O2. The zero-order chi connectivity index (χ0) is 22.2. The maximum Gasteiger partial charge on any atom is 0.233 e. The van der Waals surface area contributed by atoms with Gasteiger partial charge in [0.2, 0.25) is 11.8 Å². The van der Waals surface area contributed by atoms with Crippen LogP contribution in [0.15, 0.2) is 101 Å². The molecule has 0 aliphatic carbocycles. The molecule has 0 unspecified atom stereocenters. The Morgan fingerprint density at radius 3 is 2.15 bits per heavy atom. The van der Waals surface area contributed by atoms with Crippen LogP contribution in [0.1, 0.15) is 23.2 Å². The van der Waals surface area contributed by atoms with Gasteiger partial charge in [-0.1, -0.05) is 84.9 Å². The molecule has 1 N–H and O–H groups in total. The van der Waals surface area contributed by atoms with Crippen LogP contribution in [0.25, 0.3) is 21.5 Å². The lowest BCUT2D eigenvalue weighted by Gasteiger charge is -2.12. The van der Waals surface area contributed by atoms with E-state index in [1.807, 2.05) is 36.4 Å². The average molecular weight is 431 g/mol. The standard InChI is InChI=1S/C28H21N3O2/c29-15-24(27-30-25(16-32-27)22-13-5-9-18-7-1-3-11-20(18)22)28-31-26(17-33-28)23-14-6-10-19-8-2-4-12-21(19)23/h1-14,25-26,30H,16-17H2/b27-24-/t25-,26-/m1/s1. The zero-order valence-electron chi connectivity index (χ0n) is 17.9. The topological polar surface area (TPSA) is 66.6 Å². The maximum absolute atomic E-state index is 9.92. The summed E-state index contributed by atoms with van der Waals surface area (Å²) in [5, 5.41) is 18.0. The Morgan fingerprint density at radius 1 is 0.788 bits per heavy atom. The highest BCUT2D eigenvalue weighted by Crippen LogP contribution is 2.33. The van der Waals surface area contributed by atoms with E-state index in [1.165, 1.54) is 10.8 Å². The van der Waals surface area contributed by atoms with Gasteiger partial charge in [0.25, 0.3) is 0 Å². The fourth-order valence-corrected chi connectivity index (χ4v) is 4.68. The first-order valence-corrected chi connectivity index (χ1v) is 11.0. The highest BCUT2D eigenvalue weighted by Gasteiger charge is 2.31. The Bertz CT molecular complexity index is 1470. The Morgan fingerprint density at radius 2 is 1.42 bits per heavy atom. The number of fused-ring (bicyclic) bond motifs is 2. The van der Waals surface area contributed by atoms with E-state index in [0.717, 1.165) is 21.9 Å². The van der Waals surface area contributed by atoms with Gasteiger partial charge in [-0.3, -0.25) is 0 Å². The maximum atomic E-state index is 9.92. The van der Waals surface area contributed by atoms with Gasteiger partial charge in [-0.15, -0.1) is 0 Å². The summed E-state index contributed by atoms with van der Waals surface area (Å²) in [6.45, 7) is 0.836. The summed E-state index contributed by atoms with van der Waals surface area (Å²) < 4.78 is 11.8. The number of nitrogens with zero attached hydrogens (tertiary/aromatic N) is 2. The van der Waals surface area contributed by atoms with Crippen LogP contribution in [-0.2, 0) is 9.47 Å². The van der Waals surface area contributed by atoms with E-state index in [9.17, 15) is 5.26 Å². The summed E-state index contributed by atoms with van der Waals surface area (Å²) in [6, 6.07) is 31.0. The van der Waals surface area contributed by atoms with Gasteiger partial charge in [0.15, 0.2) is 5.57 Å². The van der Waals surface area contributed by atoms with Crippen molar-refractivity contribution in [2.45, 2.75) is 12.1 Å². The Balaban J connectivity index is 1.32. The molecule has 33 heavy (non-hydrogen) atoms. The van der Waals surface area contributed by atoms with E-state index in [-0.39, 0.29) is 12.1 Å². The van der Waals surface area contributed by atoms with Crippen molar-refractivity contribution in [2.24, 2.45) is 4.99 Å². The number of ether oxygens (including phenoxy) is 2. The summed E-state index contributed by atoms with van der Waals surface area (Å²) in [7, 11) is 0. The van der Waals surface area contributed by atoms with Crippen molar-refractivity contribution in [3.8, 4) is 6.07 Å². The number of hydrogen-bond acceptors (Lipinski definition) is 5. The van der Waals surface area contributed by atoms with Crippen molar-refractivity contribution < 1.29 is 9.47 Å². The van der Waals surface area contributed by atoms with Crippen LogP contribution in [-0.4, -0.2) is 19.1 Å². The molecule has 0 spiro atoms. The normalized spacial score (nSPS) is 21.1. The average Bonchev–Trinajstić information content (AvgIpc) is 3.55. The van der Waals surface area contributed by atoms with Crippen LogP contribution >= 0.6 is 0 Å². The molecule has 4 aromatic carbocycles. The van der Waals surface area contributed by atoms with Crippen molar-refractivity contribution >= 4 is 27.4 Å². The molecule has 2 aliphatic rings. The summed E-state index contributed by atoms with van der Waals surface area (Å²) in [5.74, 6) is 0.754. The first kappa shape index (κ1) is 19.4. The predicted molar refractivity (Wildman–Crippen MR) is 128 cm³/mol. The zero-order valence-corrected chi connectivity index (χ0v) is 17.9. The van der Waals surface area contributed by atoms with Crippen molar-refractivity contribution in [3.05, 3.63) is 108 Å². The minimum atomic E-state index is -0.162. The molecule has 1 saturated heterocycles. The van der Waals surface area contributed by atoms with E-state index in [1.54, 1.807) is 0 Å². The molecule has 5 nitrogen and oxygen atoms in total. The van der Waals surface area contributed by atoms with Crippen LogP contribution in [0, 0.1) is 11.3 Å². The number of nitriles is 1. The number of benzene rings is 4. The van der Waals surface area contributed by atoms with Gasteiger partial charge in [-0.05, 0) is 32.7 Å². The predicted octanol–water partition coefficient (Wildman–Crippen LogP) is 5.56. The van der Waals surface area contributed by atoms with Crippen LogP contribution < -0.4 is 5.32 Å². The molecule has 2 heterocycles. The van der Waals surface area contributed by atoms with Crippen LogP contribution in [0.4, 0.5) is 0 Å². The van der Waals surface area contributed by atoms with E-state index in [2.05, 4.69) is 59.9 Å². The molecule has 5 heteroatoms. The number of nitrogens with one attached hydrogen (secondary N) is 1. The quantitative estimate of drug-likeness (QED) is 0.431. The lowest BCUT2D eigenvalue weighted by molar-refractivity contribution is 0.252. The third-order valence-corrected chi connectivity index (χ3v) is 6.28. The summed E-state index contributed by atoms with van der Waals surface area (Å²) in [6.07, 6.45) is 0. The van der Waals surface area contributed by atoms with Gasteiger partial charge in [0.1, 0.15) is 25.3 Å². The third kappa shape index (κ3) is 3.37. The fraction of sp³-hybridized carbons (Fsp3) is 0.143. The van der Waals surface area contributed by atoms with Crippen molar-refractivity contribution in [2.75, 3.05) is 13.2 Å². The van der Waals surface area contributed by atoms with Gasteiger partial charge in [-0.2, -0.15) is 5.26 Å². The first-order valence-electron chi connectivity index (χ1n) is 11.0. The third-order valence-electron chi connectivity index (χ3n) is 6.28. The number of hydrogen-bond donors (Lipinski definition) is 1. The monoisotopic (exact) mass is 431 g/mol. The summed E-state index contributed by atoms with van der Waals surface area (Å²) in [4.78, 5) is 4.77. The molecule has 160 valence electrons. The molecule has 0 amide bonds. The van der Waals surface area contributed by atoms with Crippen LogP contribution in [0.2, 0.25) is 0 Å². The number of aliphatic imine (C=N–C) groups is 1. The molecule has 2 aliphatic heterocycles. The second-order valence-electron chi connectivity index (χ2n) is 8.22. The smallest absolute Gasteiger partial charge is 0.233 e. The second kappa shape index (κ2) is 7.99. The van der Waals surface area contributed by atoms with Gasteiger partial charge in [0.05, 0.1) is 6.04 Å². The lowest BCUT2D eigenvalue weighted by atomic mass is 9.99. The van der Waals surface area contributed by atoms with Crippen LogP contribution in [0.3, 0.4) is 0 Å². The van der Waals surface area contributed by atoms with Gasteiger partial charge < -0.3 is 14.8 Å². The minimum absolute atomic E-state index is 0.0506. The van der Waals surface area contributed by atoms with Gasteiger partial charge in [0, 0.05) is 0 Å². The Kier molecular flexibility index (Phi) is 4.70. The Labute approximate surface area is 191 Å². The summed E-state index contributed by atoms with van der Waals surface area (Å²) in [5.41, 5.74) is 2.54. The first-order chi connectivity index (χ1) is 16.3.